The average Bonchev–Trinajstić information content (AvgIpc) is 3.14. The fourth-order valence-electron chi connectivity index (χ4n) is 3.78. The van der Waals surface area contributed by atoms with Crippen molar-refractivity contribution in [2.75, 3.05) is 11.9 Å². The van der Waals surface area contributed by atoms with Crippen molar-refractivity contribution in [3.8, 4) is 0 Å². The molecule has 0 aliphatic carbocycles. The number of hydrogen-bond acceptors (Lipinski definition) is 5. The maximum absolute atomic E-state index is 12.9. The van der Waals surface area contributed by atoms with Crippen molar-refractivity contribution in [3.63, 3.8) is 0 Å². The summed E-state index contributed by atoms with van der Waals surface area (Å²) < 4.78 is 0. The van der Waals surface area contributed by atoms with Crippen molar-refractivity contribution in [1.29, 1.82) is 0 Å². The minimum absolute atomic E-state index is 0.0541. The number of nitro benzene ring substituents is 1. The SMILES string of the molecule is CCCNCc1ccc(N=C(c2ccccc2)C2C(=O)Nc3ccc([N+](=O)[O-])cc32)cc1. The van der Waals surface area contributed by atoms with Gasteiger partial charge in [-0.1, -0.05) is 49.4 Å². The largest absolute Gasteiger partial charge is 0.325 e. The number of hydrogen-bond donors (Lipinski definition) is 2. The zero-order valence-corrected chi connectivity index (χ0v) is 17.7. The molecular formula is C25H24N4O3. The number of aliphatic imine (C=N–C) groups is 1. The third-order valence-electron chi connectivity index (χ3n) is 5.36. The van der Waals surface area contributed by atoms with Gasteiger partial charge in [0.05, 0.1) is 16.3 Å². The Kier molecular flexibility index (Phi) is 6.37. The number of non-ortho nitro benzene ring substituents is 1. The average molecular weight is 428 g/mol. The summed E-state index contributed by atoms with van der Waals surface area (Å²) in [6.45, 7) is 3.87. The van der Waals surface area contributed by atoms with Gasteiger partial charge in [0.25, 0.3) is 5.69 Å². The second-order valence-corrected chi connectivity index (χ2v) is 7.66. The van der Waals surface area contributed by atoms with E-state index in [0.29, 0.717) is 17.0 Å². The molecule has 0 fully saturated rings. The molecule has 162 valence electrons. The molecule has 1 aliphatic rings. The Morgan fingerprint density at radius 3 is 2.53 bits per heavy atom. The van der Waals surface area contributed by atoms with Crippen LogP contribution in [0.1, 0.15) is 36.0 Å². The molecule has 2 N–H and O–H groups in total. The molecule has 4 rings (SSSR count). The smallest absolute Gasteiger partial charge is 0.269 e. The molecule has 1 unspecified atom stereocenters. The van der Waals surface area contributed by atoms with Crippen molar-refractivity contribution >= 4 is 28.7 Å². The lowest BCUT2D eigenvalue weighted by molar-refractivity contribution is -0.384. The normalized spacial score (nSPS) is 15.3. The molecule has 0 saturated heterocycles. The molecule has 0 spiro atoms. The van der Waals surface area contributed by atoms with E-state index in [0.717, 1.165) is 36.3 Å². The summed E-state index contributed by atoms with van der Waals surface area (Å²) in [5.74, 6) is -0.985. The van der Waals surface area contributed by atoms with E-state index in [-0.39, 0.29) is 11.6 Å². The number of carbonyl (C=O) groups is 1. The zero-order chi connectivity index (χ0) is 22.5. The van der Waals surface area contributed by atoms with Crippen LogP contribution in [-0.4, -0.2) is 23.1 Å². The second-order valence-electron chi connectivity index (χ2n) is 7.66. The monoisotopic (exact) mass is 428 g/mol. The molecule has 1 heterocycles. The minimum atomic E-state index is -0.738. The first-order valence-corrected chi connectivity index (χ1v) is 10.6. The highest BCUT2D eigenvalue weighted by Crippen LogP contribution is 2.38. The van der Waals surface area contributed by atoms with Crippen molar-refractivity contribution in [2.45, 2.75) is 25.8 Å². The number of benzene rings is 3. The summed E-state index contributed by atoms with van der Waals surface area (Å²) in [6.07, 6.45) is 1.08. The third kappa shape index (κ3) is 4.58. The van der Waals surface area contributed by atoms with E-state index in [1.165, 1.54) is 12.1 Å². The molecule has 0 aromatic heterocycles. The molecule has 1 aliphatic heterocycles. The Balaban J connectivity index is 1.74. The maximum Gasteiger partial charge on any atom is 0.269 e. The first-order chi connectivity index (χ1) is 15.6. The van der Waals surface area contributed by atoms with E-state index in [1.54, 1.807) is 6.07 Å². The van der Waals surface area contributed by atoms with Gasteiger partial charge in [-0.15, -0.1) is 0 Å². The summed E-state index contributed by atoms with van der Waals surface area (Å²) in [4.78, 5) is 28.6. The fourth-order valence-corrected chi connectivity index (χ4v) is 3.78. The van der Waals surface area contributed by atoms with E-state index in [1.807, 2.05) is 54.6 Å². The summed E-state index contributed by atoms with van der Waals surface area (Å²) in [5, 5.41) is 17.5. The van der Waals surface area contributed by atoms with Crippen LogP contribution >= 0.6 is 0 Å². The third-order valence-corrected chi connectivity index (χ3v) is 5.36. The molecule has 0 bridgehead atoms. The van der Waals surface area contributed by atoms with Gasteiger partial charge in [0.15, 0.2) is 0 Å². The molecule has 1 atom stereocenters. The summed E-state index contributed by atoms with van der Waals surface area (Å²) in [7, 11) is 0. The lowest BCUT2D eigenvalue weighted by atomic mass is 9.90. The Labute approximate surface area is 186 Å². The first kappa shape index (κ1) is 21.4. The van der Waals surface area contributed by atoms with Crippen LogP contribution in [0.2, 0.25) is 0 Å². The highest BCUT2D eigenvalue weighted by molar-refractivity contribution is 6.24. The molecule has 0 saturated carbocycles. The van der Waals surface area contributed by atoms with Gasteiger partial charge < -0.3 is 10.6 Å². The van der Waals surface area contributed by atoms with Gasteiger partial charge in [-0.2, -0.15) is 0 Å². The lowest BCUT2D eigenvalue weighted by Gasteiger charge is -2.14. The first-order valence-electron chi connectivity index (χ1n) is 10.6. The predicted molar refractivity (Wildman–Crippen MR) is 126 cm³/mol. The molecule has 3 aromatic rings. The van der Waals surface area contributed by atoms with Gasteiger partial charge >= 0.3 is 0 Å². The summed E-state index contributed by atoms with van der Waals surface area (Å²) in [5.41, 5.74) is 4.30. The number of amides is 1. The van der Waals surface area contributed by atoms with Gasteiger partial charge in [-0.25, -0.2) is 0 Å². The second kappa shape index (κ2) is 9.53. The standard InChI is InChI=1S/C25H24N4O3/c1-2-14-26-16-17-8-10-19(11-9-17)27-24(18-6-4-3-5-7-18)23-21-15-20(29(31)32)12-13-22(21)28-25(23)30/h3-13,15,23,26H,2,14,16H2,1H3,(H,28,30). The van der Waals surface area contributed by atoms with Crippen LogP contribution in [-0.2, 0) is 11.3 Å². The lowest BCUT2D eigenvalue weighted by Crippen LogP contribution is -2.22. The molecule has 7 nitrogen and oxygen atoms in total. The maximum atomic E-state index is 12.9. The molecule has 1 amide bonds. The fraction of sp³-hybridized carbons (Fsp3) is 0.200. The van der Waals surface area contributed by atoms with Crippen molar-refractivity contribution < 1.29 is 9.72 Å². The Morgan fingerprint density at radius 2 is 1.84 bits per heavy atom. The predicted octanol–water partition coefficient (Wildman–Crippen LogP) is 4.95. The van der Waals surface area contributed by atoms with Gasteiger partial charge in [0, 0.05) is 29.9 Å². The highest BCUT2D eigenvalue weighted by Gasteiger charge is 2.36. The van der Waals surface area contributed by atoms with E-state index < -0.39 is 10.8 Å². The van der Waals surface area contributed by atoms with Crippen LogP contribution in [0.4, 0.5) is 17.1 Å². The number of anilines is 1. The van der Waals surface area contributed by atoms with Crippen LogP contribution in [0.5, 0.6) is 0 Å². The van der Waals surface area contributed by atoms with Crippen molar-refractivity contribution in [2.24, 2.45) is 4.99 Å². The van der Waals surface area contributed by atoms with Gasteiger partial charge in [0.2, 0.25) is 5.91 Å². The molecule has 32 heavy (non-hydrogen) atoms. The van der Waals surface area contributed by atoms with Gasteiger partial charge in [0.1, 0.15) is 5.92 Å². The Morgan fingerprint density at radius 1 is 1.09 bits per heavy atom. The number of fused-ring (bicyclic) bond motifs is 1. The van der Waals surface area contributed by atoms with Gasteiger partial charge in [-0.05, 0) is 42.3 Å². The topological polar surface area (TPSA) is 96.6 Å². The van der Waals surface area contributed by atoms with Gasteiger partial charge in [-0.3, -0.25) is 19.9 Å². The highest BCUT2D eigenvalue weighted by atomic mass is 16.6. The summed E-state index contributed by atoms with van der Waals surface area (Å²) >= 11 is 0. The minimum Gasteiger partial charge on any atom is -0.325 e. The molecule has 3 aromatic carbocycles. The summed E-state index contributed by atoms with van der Waals surface area (Å²) in [6, 6.07) is 21.7. The van der Waals surface area contributed by atoms with E-state index in [2.05, 4.69) is 17.6 Å². The van der Waals surface area contributed by atoms with Crippen LogP contribution in [0.15, 0.2) is 77.8 Å². The van der Waals surface area contributed by atoms with E-state index >= 15 is 0 Å². The number of nitro groups is 1. The number of nitrogens with zero attached hydrogens (tertiary/aromatic N) is 2. The number of nitrogens with one attached hydrogen (secondary N) is 2. The zero-order valence-electron chi connectivity index (χ0n) is 17.7. The molecule has 0 radical (unpaired) electrons. The number of rotatable bonds is 8. The van der Waals surface area contributed by atoms with Crippen molar-refractivity contribution in [1.82, 2.24) is 5.32 Å². The van der Waals surface area contributed by atoms with Crippen molar-refractivity contribution in [3.05, 3.63) is 99.6 Å². The van der Waals surface area contributed by atoms with Crippen LogP contribution in [0.25, 0.3) is 0 Å². The van der Waals surface area contributed by atoms with Crippen LogP contribution in [0, 0.1) is 10.1 Å². The van der Waals surface area contributed by atoms with Crippen LogP contribution in [0.3, 0.4) is 0 Å². The molecule has 7 heteroatoms. The van der Waals surface area contributed by atoms with Crippen LogP contribution < -0.4 is 10.6 Å². The van der Waals surface area contributed by atoms with E-state index in [4.69, 9.17) is 4.99 Å². The molecular weight excluding hydrogens is 404 g/mol. The quantitative estimate of drug-likeness (QED) is 0.230. The Bertz CT molecular complexity index is 1160. The van der Waals surface area contributed by atoms with E-state index in [9.17, 15) is 14.9 Å². The Hall–Kier alpha value is -3.84. The number of carbonyl (C=O) groups excluding carboxylic acids is 1.